The molecule has 2 N–H and O–H groups in total. The molecule has 0 bridgehead atoms. The molecule has 19 heavy (non-hydrogen) atoms. The predicted octanol–water partition coefficient (Wildman–Crippen LogP) is 3.36. The second-order valence-corrected chi connectivity index (χ2v) is 4.78. The lowest BCUT2D eigenvalue weighted by atomic mass is 10.1. The molecule has 0 amide bonds. The number of nitriles is 1. The fourth-order valence-electron chi connectivity index (χ4n) is 2.65. The maximum Gasteiger partial charge on any atom is 0.115 e. The molecule has 0 heterocycles. The molecule has 94 valence electrons. The molecular formula is C16H14N2O. The molecule has 3 rings (SSSR count). The summed E-state index contributed by atoms with van der Waals surface area (Å²) in [5.74, 6) is 0.317. The summed E-state index contributed by atoms with van der Waals surface area (Å²) in [7, 11) is 0. The number of hydrogen-bond donors (Lipinski definition) is 2. The third-order valence-corrected chi connectivity index (χ3v) is 3.58. The van der Waals surface area contributed by atoms with Gasteiger partial charge in [-0.2, -0.15) is 5.26 Å². The van der Waals surface area contributed by atoms with Crippen molar-refractivity contribution in [2.24, 2.45) is 0 Å². The Kier molecular flexibility index (Phi) is 2.85. The van der Waals surface area contributed by atoms with Gasteiger partial charge in [0.05, 0.1) is 17.3 Å². The van der Waals surface area contributed by atoms with E-state index in [0.29, 0.717) is 11.3 Å². The first-order valence-electron chi connectivity index (χ1n) is 6.35. The quantitative estimate of drug-likeness (QED) is 0.859. The molecular weight excluding hydrogens is 236 g/mol. The number of hydrogen-bond acceptors (Lipinski definition) is 3. The smallest absolute Gasteiger partial charge is 0.115 e. The maximum atomic E-state index is 9.49. The zero-order valence-corrected chi connectivity index (χ0v) is 10.4. The van der Waals surface area contributed by atoms with E-state index in [1.54, 1.807) is 6.07 Å². The lowest BCUT2D eigenvalue weighted by Crippen LogP contribution is -2.08. The van der Waals surface area contributed by atoms with Gasteiger partial charge in [0.25, 0.3) is 0 Å². The molecule has 0 radical (unpaired) electrons. The van der Waals surface area contributed by atoms with Gasteiger partial charge in [-0.3, -0.25) is 0 Å². The number of nitrogens with one attached hydrogen (secondary N) is 1. The Morgan fingerprint density at radius 3 is 2.89 bits per heavy atom. The fourth-order valence-corrected chi connectivity index (χ4v) is 2.65. The number of phenols is 1. The Hall–Kier alpha value is -2.47. The second kappa shape index (κ2) is 4.66. The van der Waals surface area contributed by atoms with Crippen molar-refractivity contribution in [1.82, 2.24) is 0 Å². The first-order chi connectivity index (χ1) is 9.28. The monoisotopic (exact) mass is 250 g/mol. The topological polar surface area (TPSA) is 56.0 Å². The minimum Gasteiger partial charge on any atom is -0.508 e. The lowest BCUT2D eigenvalue weighted by molar-refractivity contribution is 0.474. The summed E-state index contributed by atoms with van der Waals surface area (Å²) in [6.07, 6.45) is 1.94. The van der Waals surface area contributed by atoms with Gasteiger partial charge < -0.3 is 10.4 Å². The Labute approximate surface area is 112 Å². The Morgan fingerprint density at radius 2 is 2.05 bits per heavy atom. The minimum absolute atomic E-state index is 0.213. The molecule has 1 aliphatic rings. The third-order valence-electron chi connectivity index (χ3n) is 3.58. The van der Waals surface area contributed by atoms with E-state index < -0.39 is 0 Å². The summed E-state index contributed by atoms with van der Waals surface area (Å²) in [6.45, 7) is 0. The van der Waals surface area contributed by atoms with Crippen molar-refractivity contribution in [2.45, 2.75) is 18.9 Å². The summed E-state index contributed by atoms with van der Waals surface area (Å²) in [4.78, 5) is 0. The molecule has 0 aliphatic heterocycles. The summed E-state index contributed by atoms with van der Waals surface area (Å²) in [5, 5.41) is 22.0. The number of anilines is 1. The summed E-state index contributed by atoms with van der Waals surface area (Å²) in [6, 6.07) is 15.5. The van der Waals surface area contributed by atoms with Crippen molar-refractivity contribution in [1.29, 1.82) is 5.26 Å². The highest BCUT2D eigenvalue weighted by Gasteiger charge is 2.23. The SMILES string of the molecule is N#Cc1ccccc1NC1CCc2cc(O)ccc21. The van der Waals surface area contributed by atoms with E-state index in [2.05, 4.69) is 11.4 Å². The van der Waals surface area contributed by atoms with Crippen LogP contribution in [0.4, 0.5) is 5.69 Å². The molecule has 1 atom stereocenters. The largest absolute Gasteiger partial charge is 0.508 e. The first-order valence-corrected chi connectivity index (χ1v) is 6.35. The molecule has 0 fully saturated rings. The van der Waals surface area contributed by atoms with Crippen LogP contribution in [0, 0.1) is 11.3 Å². The minimum atomic E-state index is 0.213. The summed E-state index contributed by atoms with van der Waals surface area (Å²) >= 11 is 0. The van der Waals surface area contributed by atoms with Crippen LogP contribution in [-0.2, 0) is 6.42 Å². The fraction of sp³-hybridized carbons (Fsp3) is 0.188. The van der Waals surface area contributed by atoms with Crippen LogP contribution in [0.25, 0.3) is 0 Å². The van der Waals surface area contributed by atoms with E-state index in [1.807, 2.05) is 36.4 Å². The standard InChI is InChI=1S/C16H14N2O/c17-10-12-3-1-2-4-15(12)18-16-8-5-11-9-13(19)6-7-14(11)16/h1-4,6-7,9,16,18-19H,5,8H2. The van der Waals surface area contributed by atoms with Crippen LogP contribution in [0.1, 0.15) is 29.2 Å². The summed E-state index contributed by atoms with van der Waals surface area (Å²) in [5.41, 5.74) is 3.93. The van der Waals surface area contributed by atoms with Gasteiger partial charge in [-0.15, -0.1) is 0 Å². The molecule has 0 aromatic heterocycles. The molecule has 1 aliphatic carbocycles. The van der Waals surface area contributed by atoms with Crippen molar-refractivity contribution in [3.05, 3.63) is 59.2 Å². The van der Waals surface area contributed by atoms with Gasteiger partial charge >= 0.3 is 0 Å². The van der Waals surface area contributed by atoms with E-state index in [1.165, 1.54) is 11.1 Å². The van der Waals surface area contributed by atoms with Crippen LogP contribution in [0.3, 0.4) is 0 Å². The second-order valence-electron chi connectivity index (χ2n) is 4.78. The molecule has 2 aromatic carbocycles. The number of phenolic OH excluding ortho intramolecular Hbond substituents is 1. The maximum absolute atomic E-state index is 9.49. The first kappa shape index (κ1) is 11.6. The molecule has 3 nitrogen and oxygen atoms in total. The predicted molar refractivity (Wildman–Crippen MR) is 73.9 cm³/mol. The van der Waals surface area contributed by atoms with Crippen molar-refractivity contribution in [3.8, 4) is 11.8 Å². The van der Waals surface area contributed by atoms with Crippen LogP contribution in [-0.4, -0.2) is 5.11 Å². The number of fused-ring (bicyclic) bond motifs is 1. The van der Waals surface area contributed by atoms with Crippen molar-refractivity contribution < 1.29 is 5.11 Å². The molecule has 0 saturated carbocycles. The number of aromatic hydroxyl groups is 1. The normalized spacial score (nSPS) is 16.7. The van der Waals surface area contributed by atoms with E-state index in [-0.39, 0.29) is 6.04 Å². The van der Waals surface area contributed by atoms with Gasteiger partial charge in [0.15, 0.2) is 0 Å². The van der Waals surface area contributed by atoms with E-state index in [0.717, 1.165) is 18.5 Å². The van der Waals surface area contributed by atoms with Gasteiger partial charge in [0.2, 0.25) is 0 Å². The Bertz CT molecular complexity index is 658. The Morgan fingerprint density at radius 1 is 1.21 bits per heavy atom. The van der Waals surface area contributed by atoms with Crippen LogP contribution in [0.2, 0.25) is 0 Å². The molecule has 0 saturated heterocycles. The van der Waals surface area contributed by atoms with Crippen LogP contribution in [0.5, 0.6) is 5.75 Å². The van der Waals surface area contributed by atoms with Gasteiger partial charge in [-0.05, 0) is 48.2 Å². The highest BCUT2D eigenvalue weighted by molar-refractivity contribution is 5.59. The van der Waals surface area contributed by atoms with Crippen molar-refractivity contribution >= 4 is 5.69 Å². The molecule has 0 spiro atoms. The zero-order valence-electron chi connectivity index (χ0n) is 10.4. The Balaban J connectivity index is 1.89. The highest BCUT2D eigenvalue weighted by atomic mass is 16.3. The van der Waals surface area contributed by atoms with Crippen molar-refractivity contribution in [2.75, 3.05) is 5.32 Å². The van der Waals surface area contributed by atoms with Gasteiger partial charge in [0.1, 0.15) is 11.8 Å². The molecule has 1 unspecified atom stereocenters. The highest BCUT2D eigenvalue weighted by Crippen LogP contribution is 2.36. The van der Waals surface area contributed by atoms with E-state index >= 15 is 0 Å². The van der Waals surface area contributed by atoms with Crippen LogP contribution >= 0.6 is 0 Å². The number of nitrogens with zero attached hydrogens (tertiary/aromatic N) is 1. The van der Waals surface area contributed by atoms with Gasteiger partial charge in [0, 0.05) is 0 Å². The average molecular weight is 250 g/mol. The molecule has 3 heteroatoms. The lowest BCUT2D eigenvalue weighted by Gasteiger charge is -2.16. The van der Waals surface area contributed by atoms with Crippen LogP contribution < -0.4 is 5.32 Å². The van der Waals surface area contributed by atoms with Crippen LogP contribution in [0.15, 0.2) is 42.5 Å². The summed E-state index contributed by atoms with van der Waals surface area (Å²) < 4.78 is 0. The third kappa shape index (κ3) is 2.13. The average Bonchev–Trinajstić information content (AvgIpc) is 2.82. The number of para-hydroxylation sites is 1. The zero-order chi connectivity index (χ0) is 13.2. The van der Waals surface area contributed by atoms with Gasteiger partial charge in [-0.25, -0.2) is 0 Å². The van der Waals surface area contributed by atoms with E-state index in [4.69, 9.17) is 5.26 Å². The number of aryl methyl sites for hydroxylation is 1. The van der Waals surface area contributed by atoms with Gasteiger partial charge in [-0.1, -0.05) is 18.2 Å². The number of benzene rings is 2. The molecule has 2 aromatic rings. The van der Waals surface area contributed by atoms with E-state index in [9.17, 15) is 5.11 Å². The van der Waals surface area contributed by atoms with Crippen molar-refractivity contribution in [3.63, 3.8) is 0 Å². The number of rotatable bonds is 2.